The number of carbonyl (C=O) groups is 3. The molecular formula is C26H26FN5O3. The number of nitrogens with zero attached hydrogens (tertiary/aromatic N) is 4. The third-order valence-electron chi connectivity index (χ3n) is 6.59. The van der Waals surface area contributed by atoms with Crippen LogP contribution in [0.4, 0.5) is 10.1 Å². The molecule has 5 rings (SSSR count). The highest BCUT2D eigenvalue weighted by atomic mass is 19.1. The molecule has 0 saturated heterocycles. The van der Waals surface area contributed by atoms with Gasteiger partial charge in [0.25, 0.3) is 11.8 Å². The van der Waals surface area contributed by atoms with E-state index in [9.17, 15) is 18.8 Å². The first-order chi connectivity index (χ1) is 16.9. The van der Waals surface area contributed by atoms with Crippen molar-refractivity contribution in [2.24, 2.45) is 5.92 Å². The van der Waals surface area contributed by atoms with Gasteiger partial charge in [-0.05, 0) is 49.1 Å². The van der Waals surface area contributed by atoms with Gasteiger partial charge in [-0.1, -0.05) is 32.4 Å². The van der Waals surface area contributed by atoms with Crippen LogP contribution in [0.3, 0.4) is 0 Å². The van der Waals surface area contributed by atoms with Gasteiger partial charge in [0.05, 0.1) is 16.7 Å². The number of hydrogen-bond donors (Lipinski definition) is 1. The van der Waals surface area contributed by atoms with Gasteiger partial charge in [-0.15, -0.1) is 10.2 Å². The molecule has 1 unspecified atom stereocenters. The minimum absolute atomic E-state index is 0.241. The van der Waals surface area contributed by atoms with E-state index in [1.54, 1.807) is 38.1 Å². The van der Waals surface area contributed by atoms with Crippen molar-refractivity contribution in [2.45, 2.75) is 52.1 Å². The van der Waals surface area contributed by atoms with E-state index in [2.05, 4.69) is 15.5 Å². The average Bonchev–Trinajstić information content (AvgIpc) is 3.23. The number of hydrogen-bond acceptors (Lipinski definition) is 5. The van der Waals surface area contributed by atoms with Crippen LogP contribution in [0.2, 0.25) is 0 Å². The minimum atomic E-state index is -1.03. The summed E-state index contributed by atoms with van der Waals surface area (Å²) >= 11 is 0. The predicted molar refractivity (Wildman–Crippen MR) is 127 cm³/mol. The summed E-state index contributed by atoms with van der Waals surface area (Å²) in [6.45, 7) is 4.26. The highest BCUT2D eigenvalue weighted by Crippen LogP contribution is 2.30. The van der Waals surface area contributed by atoms with Crippen LogP contribution in [0.25, 0.3) is 11.4 Å². The molecule has 2 aliphatic heterocycles. The first kappa shape index (κ1) is 22.9. The van der Waals surface area contributed by atoms with E-state index < -0.39 is 29.6 Å². The Morgan fingerprint density at radius 2 is 1.69 bits per heavy atom. The molecule has 1 N–H and O–H groups in total. The molecule has 8 nitrogen and oxygen atoms in total. The van der Waals surface area contributed by atoms with Crippen molar-refractivity contribution in [3.63, 3.8) is 0 Å². The Labute approximate surface area is 202 Å². The van der Waals surface area contributed by atoms with Gasteiger partial charge in [0.15, 0.2) is 5.82 Å². The van der Waals surface area contributed by atoms with Gasteiger partial charge in [0.2, 0.25) is 5.91 Å². The Hall–Kier alpha value is -3.88. The highest BCUT2D eigenvalue weighted by Gasteiger charge is 2.44. The van der Waals surface area contributed by atoms with Gasteiger partial charge in [0, 0.05) is 18.7 Å². The number of halogens is 1. The lowest BCUT2D eigenvalue weighted by Gasteiger charge is -2.28. The van der Waals surface area contributed by atoms with Crippen LogP contribution in [-0.2, 0) is 17.8 Å². The minimum Gasteiger partial charge on any atom is -0.324 e. The number of aryl methyl sites for hydroxylation is 1. The molecule has 0 fully saturated rings. The summed E-state index contributed by atoms with van der Waals surface area (Å²) in [7, 11) is 0. The molecule has 2 aromatic carbocycles. The first-order valence-electron chi connectivity index (χ1n) is 11.9. The molecular weight excluding hydrogens is 449 g/mol. The standard InChI is InChI=1S/C26H26FN5O3/c1-15(2)22(32-25(34)17-8-5-6-9-18(17)26(32)35)24(33)28-16-11-12-20(27)19(14-16)23-30-29-21-10-4-3-7-13-31(21)23/h5-6,8-9,11-12,14-15,22H,3-4,7,10,13H2,1-2H3,(H,28,33). The topological polar surface area (TPSA) is 97.2 Å². The fourth-order valence-electron chi connectivity index (χ4n) is 4.85. The number of amides is 3. The third kappa shape index (κ3) is 4.00. The molecule has 3 heterocycles. The van der Waals surface area contributed by atoms with E-state index in [1.807, 2.05) is 4.57 Å². The summed E-state index contributed by atoms with van der Waals surface area (Å²) in [5.41, 5.74) is 1.16. The number of benzene rings is 2. The molecule has 0 radical (unpaired) electrons. The molecule has 1 atom stereocenters. The maximum absolute atomic E-state index is 14.8. The monoisotopic (exact) mass is 475 g/mol. The van der Waals surface area contributed by atoms with Gasteiger partial charge in [-0.3, -0.25) is 19.3 Å². The van der Waals surface area contributed by atoms with Crippen molar-refractivity contribution < 1.29 is 18.8 Å². The second kappa shape index (κ2) is 9.05. The molecule has 3 aromatic rings. The van der Waals surface area contributed by atoms with Crippen LogP contribution < -0.4 is 5.32 Å². The van der Waals surface area contributed by atoms with Crippen LogP contribution >= 0.6 is 0 Å². The van der Waals surface area contributed by atoms with Gasteiger partial charge in [0.1, 0.15) is 17.7 Å². The summed E-state index contributed by atoms with van der Waals surface area (Å²) in [6, 6.07) is 9.75. The molecule has 0 saturated carbocycles. The van der Waals surface area contributed by atoms with Crippen molar-refractivity contribution in [3.05, 3.63) is 65.2 Å². The Morgan fingerprint density at radius 1 is 0.971 bits per heavy atom. The van der Waals surface area contributed by atoms with E-state index in [0.717, 1.165) is 36.4 Å². The van der Waals surface area contributed by atoms with Crippen molar-refractivity contribution in [1.29, 1.82) is 0 Å². The number of imide groups is 1. The SMILES string of the molecule is CC(C)C(C(=O)Nc1ccc(F)c(-c2nnc3n2CCCCC3)c1)N1C(=O)c2ccccc2C1=O. The molecule has 1 aromatic heterocycles. The number of aromatic nitrogens is 3. The normalized spacial score (nSPS) is 16.2. The summed E-state index contributed by atoms with van der Waals surface area (Å²) in [6.07, 6.45) is 3.86. The van der Waals surface area contributed by atoms with Crippen LogP contribution in [0, 0.1) is 11.7 Å². The Morgan fingerprint density at radius 3 is 2.37 bits per heavy atom. The molecule has 35 heavy (non-hydrogen) atoms. The number of anilines is 1. The zero-order chi connectivity index (χ0) is 24.7. The summed E-state index contributed by atoms with van der Waals surface area (Å²) in [4.78, 5) is 40.4. The van der Waals surface area contributed by atoms with Crippen molar-refractivity contribution in [3.8, 4) is 11.4 Å². The van der Waals surface area contributed by atoms with Crippen LogP contribution in [0.15, 0.2) is 42.5 Å². The average molecular weight is 476 g/mol. The van der Waals surface area contributed by atoms with Gasteiger partial charge >= 0.3 is 0 Å². The summed E-state index contributed by atoms with van der Waals surface area (Å²) < 4.78 is 16.8. The number of carbonyl (C=O) groups excluding carboxylic acids is 3. The van der Waals surface area contributed by atoms with E-state index >= 15 is 0 Å². The van der Waals surface area contributed by atoms with Crippen molar-refractivity contribution >= 4 is 23.4 Å². The molecule has 0 aliphatic carbocycles. The maximum atomic E-state index is 14.8. The van der Waals surface area contributed by atoms with Crippen LogP contribution in [0.1, 0.15) is 59.7 Å². The lowest BCUT2D eigenvalue weighted by molar-refractivity contribution is -0.121. The Kier molecular flexibility index (Phi) is 5.92. The zero-order valence-corrected chi connectivity index (χ0v) is 19.6. The van der Waals surface area contributed by atoms with Gasteiger partial charge in [-0.25, -0.2) is 4.39 Å². The quantitative estimate of drug-likeness (QED) is 0.561. The third-order valence-corrected chi connectivity index (χ3v) is 6.59. The lowest BCUT2D eigenvalue weighted by Crippen LogP contribution is -2.50. The number of nitrogens with one attached hydrogen (secondary N) is 1. The van der Waals surface area contributed by atoms with Crippen molar-refractivity contribution in [1.82, 2.24) is 19.7 Å². The van der Waals surface area contributed by atoms with Crippen molar-refractivity contribution in [2.75, 3.05) is 5.32 Å². The first-order valence-corrected chi connectivity index (χ1v) is 11.9. The lowest BCUT2D eigenvalue weighted by atomic mass is 10.0. The second-order valence-corrected chi connectivity index (χ2v) is 9.30. The largest absolute Gasteiger partial charge is 0.324 e. The van der Waals surface area contributed by atoms with E-state index in [-0.39, 0.29) is 22.6 Å². The van der Waals surface area contributed by atoms with Crippen LogP contribution in [-0.4, -0.2) is 43.4 Å². The smallest absolute Gasteiger partial charge is 0.262 e. The Bertz CT molecular complexity index is 1300. The van der Waals surface area contributed by atoms with Crippen LogP contribution in [0.5, 0.6) is 0 Å². The number of fused-ring (bicyclic) bond motifs is 2. The number of rotatable bonds is 5. The molecule has 2 aliphatic rings. The predicted octanol–water partition coefficient (Wildman–Crippen LogP) is 4.07. The maximum Gasteiger partial charge on any atom is 0.262 e. The fourth-order valence-corrected chi connectivity index (χ4v) is 4.85. The van der Waals surface area contributed by atoms with E-state index in [1.165, 1.54) is 18.2 Å². The second-order valence-electron chi connectivity index (χ2n) is 9.30. The molecule has 9 heteroatoms. The van der Waals surface area contributed by atoms with Gasteiger partial charge < -0.3 is 9.88 Å². The summed E-state index contributed by atoms with van der Waals surface area (Å²) in [5.74, 6) is -1.07. The Balaban J connectivity index is 1.43. The summed E-state index contributed by atoms with van der Waals surface area (Å²) in [5, 5.41) is 11.2. The zero-order valence-electron chi connectivity index (χ0n) is 19.6. The highest BCUT2D eigenvalue weighted by molar-refractivity contribution is 6.23. The molecule has 0 bridgehead atoms. The molecule has 180 valence electrons. The molecule has 0 spiro atoms. The molecule has 3 amide bonds. The fraction of sp³-hybridized carbons (Fsp3) is 0.346. The van der Waals surface area contributed by atoms with E-state index in [4.69, 9.17) is 0 Å². The van der Waals surface area contributed by atoms with E-state index in [0.29, 0.717) is 18.1 Å². The van der Waals surface area contributed by atoms with Gasteiger partial charge in [-0.2, -0.15) is 0 Å².